The molecule has 2 N–H and O–H groups in total. The van der Waals surface area contributed by atoms with Crippen molar-refractivity contribution < 1.29 is 4.74 Å². The summed E-state index contributed by atoms with van der Waals surface area (Å²) in [6.45, 7) is 6.79. The van der Waals surface area contributed by atoms with Crippen LogP contribution in [-0.4, -0.2) is 62.8 Å². The van der Waals surface area contributed by atoms with Gasteiger partial charge in [0, 0.05) is 38.8 Å². The Hall–Kier alpha value is -0.0800. The lowest BCUT2D eigenvalue weighted by Gasteiger charge is -2.20. The van der Waals surface area contributed by atoms with Crippen molar-refractivity contribution in [2.45, 2.75) is 44.7 Å². The van der Waals surface area contributed by atoms with Gasteiger partial charge in [-0.15, -0.1) is 24.0 Å². The number of guanidine groups is 1. The number of hydrogen-bond donors (Lipinski definition) is 2. The average molecular weight is 396 g/mol. The molecular weight excluding hydrogens is 367 g/mol. The molecule has 2 aliphatic rings. The van der Waals surface area contributed by atoms with Gasteiger partial charge in [0.25, 0.3) is 0 Å². The van der Waals surface area contributed by atoms with Gasteiger partial charge in [-0.2, -0.15) is 0 Å². The van der Waals surface area contributed by atoms with Gasteiger partial charge >= 0.3 is 0 Å². The van der Waals surface area contributed by atoms with Crippen LogP contribution >= 0.6 is 24.0 Å². The van der Waals surface area contributed by atoms with Gasteiger partial charge in [-0.25, -0.2) is 0 Å². The molecule has 2 rings (SSSR count). The van der Waals surface area contributed by atoms with Gasteiger partial charge in [-0.1, -0.05) is 0 Å². The summed E-state index contributed by atoms with van der Waals surface area (Å²) in [4.78, 5) is 7.17. The molecule has 2 fully saturated rings. The van der Waals surface area contributed by atoms with E-state index in [1.54, 1.807) is 7.11 Å². The topological polar surface area (TPSA) is 48.9 Å². The van der Waals surface area contributed by atoms with E-state index in [0.717, 1.165) is 44.8 Å². The highest BCUT2D eigenvalue weighted by Gasteiger charge is 2.28. The monoisotopic (exact) mass is 396 g/mol. The summed E-state index contributed by atoms with van der Waals surface area (Å²) < 4.78 is 5.17. The third-order valence-corrected chi connectivity index (χ3v) is 3.57. The minimum Gasteiger partial charge on any atom is -0.383 e. The highest BCUT2D eigenvalue weighted by atomic mass is 127. The van der Waals surface area contributed by atoms with Gasteiger partial charge in [0.15, 0.2) is 5.96 Å². The number of halogens is 1. The van der Waals surface area contributed by atoms with Crippen molar-refractivity contribution >= 4 is 29.9 Å². The Labute approximate surface area is 139 Å². The minimum absolute atomic E-state index is 0. The summed E-state index contributed by atoms with van der Waals surface area (Å²) in [6, 6.07) is 1.44. The van der Waals surface area contributed by atoms with Crippen molar-refractivity contribution in [1.82, 2.24) is 15.5 Å². The fourth-order valence-electron chi connectivity index (χ4n) is 2.16. The summed E-state index contributed by atoms with van der Waals surface area (Å²) in [6.07, 6.45) is 5.25. The number of ether oxygens (including phenoxy) is 1. The van der Waals surface area contributed by atoms with Crippen LogP contribution in [-0.2, 0) is 4.74 Å². The third-order valence-electron chi connectivity index (χ3n) is 3.57. The molecule has 0 unspecified atom stereocenters. The quantitative estimate of drug-likeness (QED) is 0.352. The molecule has 0 bridgehead atoms. The van der Waals surface area contributed by atoms with Gasteiger partial charge in [0.05, 0.1) is 13.2 Å². The Bertz CT molecular complexity index is 293. The lowest BCUT2D eigenvalue weighted by atomic mass is 10.4. The van der Waals surface area contributed by atoms with Crippen LogP contribution in [0.15, 0.2) is 4.99 Å². The second-order valence-corrected chi connectivity index (χ2v) is 5.44. The molecule has 2 aliphatic carbocycles. The Morgan fingerprint density at radius 2 is 2.00 bits per heavy atom. The zero-order valence-corrected chi connectivity index (χ0v) is 15.1. The molecule has 0 amide bonds. The van der Waals surface area contributed by atoms with Crippen LogP contribution in [0.1, 0.15) is 32.6 Å². The van der Waals surface area contributed by atoms with Crippen molar-refractivity contribution in [3.8, 4) is 0 Å². The van der Waals surface area contributed by atoms with Gasteiger partial charge in [0.2, 0.25) is 0 Å². The zero-order chi connectivity index (χ0) is 13.5. The first-order chi connectivity index (χ1) is 9.33. The molecule has 0 aromatic heterocycles. The molecule has 6 heteroatoms. The summed E-state index contributed by atoms with van der Waals surface area (Å²) in [5, 5.41) is 6.76. The van der Waals surface area contributed by atoms with Gasteiger partial charge in [0.1, 0.15) is 0 Å². The molecular formula is C14H29IN4O. The van der Waals surface area contributed by atoms with Crippen LogP contribution in [0.5, 0.6) is 0 Å². The number of methoxy groups -OCH3 is 1. The van der Waals surface area contributed by atoms with E-state index >= 15 is 0 Å². The summed E-state index contributed by atoms with van der Waals surface area (Å²) in [5.74, 6) is 0.979. The average Bonchev–Trinajstić information content (AvgIpc) is 3.26. The molecule has 118 valence electrons. The van der Waals surface area contributed by atoms with E-state index in [9.17, 15) is 0 Å². The fourth-order valence-corrected chi connectivity index (χ4v) is 2.16. The summed E-state index contributed by atoms with van der Waals surface area (Å²) in [7, 11) is 1.77. The number of nitrogens with one attached hydrogen (secondary N) is 2. The SMILES string of the molecule is CCNC(=NCCN(CCOC)C1CC1)NC1CC1.I. The minimum atomic E-state index is 0. The zero-order valence-electron chi connectivity index (χ0n) is 12.7. The Morgan fingerprint density at radius 1 is 1.25 bits per heavy atom. The summed E-state index contributed by atoms with van der Waals surface area (Å²) in [5.41, 5.74) is 0. The molecule has 0 saturated heterocycles. The Balaban J connectivity index is 0.00000200. The molecule has 0 aliphatic heterocycles. The van der Waals surface area contributed by atoms with E-state index in [2.05, 4.69) is 27.4 Å². The highest BCUT2D eigenvalue weighted by molar-refractivity contribution is 14.0. The molecule has 5 nitrogen and oxygen atoms in total. The first kappa shape index (κ1) is 18.0. The van der Waals surface area contributed by atoms with E-state index in [1.165, 1.54) is 25.7 Å². The van der Waals surface area contributed by atoms with Crippen LogP contribution < -0.4 is 10.6 Å². The van der Waals surface area contributed by atoms with Crippen molar-refractivity contribution in [3.63, 3.8) is 0 Å². The van der Waals surface area contributed by atoms with Gasteiger partial charge in [-0.05, 0) is 32.6 Å². The lowest BCUT2D eigenvalue weighted by molar-refractivity contribution is 0.145. The first-order valence-electron chi connectivity index (χ1n) is 7.61. The smallest absolute Gasteiger partial charge is 0.191 e. The van der Waals surface area contributed by atoms with Crippen LogP contribution in [0, 0.1) is 0 Å². The second-order valence-electron chi connectivity index (χ2n) is 5.44. The largest absolute Gasteiger partial charge is 0.383 e. The highest BCUT2D eigenvalue weighted by Crippen LogP contribution is 2.26. The number of nitrogens with zero attached hydrogens (tertiary/aromatic N) is 2. The number of aliphatic imine (C=N–C) groups is 1. The van der Waals surface area contributed by atoms with Crippen molar-refractivity contribution in [2.75, 3.05) is 39.9 Å². The van der Waals surface area contributed by atoms with E-state index in [0.29, 0.717) is 6.04 Å². The van der Waals surface area contributed by atoms with E-state index in [1.807, 2.05) is 0 Å². The fraction of sp³-hybridized carbons (Fsp3) is 0.929. The van der Waals surface area contributed by atoms with Crippen molar-refractivity contribution in [1.29, 1.82) is 0 Å². The molecule has 0 heterocycles. The Morgan fingerprint density at radius 3 is 2.55 bits per heavy atom. The summed E-state index contributed by atoms with van der Waals surface area (Å²) >= 11 is 0. The van der Waals surface area contributed by atoms with Crippen LogP contribution in [0.25, 0.3) is 0 Å². The molecule has 0 atom stereocenters. The predicted octanol–water partition coefficient (Wildman–Crippen LogP) is 1.43. The Kier molecular flexibility index (Phi) is 8.79. The normalized spacial score (nSPS) is 18.9. The second kappa shape index (κ2) is 9.78. The van der Waals surface area contributed by atoms with E-state index in [-0.39, 0.29) is 24.0 Å². The van der Waals surface area contributed by atoms with Gasteiger partial charge in [-0.3, -0.25) is 9.89 Å². The van der Waals surface area contributed by atoms with E-state index < -0.39 is 0 Å². The maximum absolute atomic E-state index is 5.17. The molecule has 0 radical (unpaired) electrons. The molecule has 0 aromatic carbocycles. The molecule has 2 saturated carbocycles. The predicted molar refractivity (Wildman–Crippen MR) is 94.0 cm³/mol. The maximum atomic E-state index is 5.17. The van der Waals surface area contributed by atoms with E-state index in [4.69, 9.17) is 4.74 Å². The van der Waals surface area contributed by atoms with Crippen molar-refractivity contribution in [3.05, 3.63) is 0 Å². The third kappa shape index (κ3) is 7.08. The van der Waals surface area contributed by atoms with Crippen LogP contribution in [0.3, 0.4) is 0 Å². The van der Waals surface area contributed by atoms with Crippen LogP contribution in [0.4, 0.5) is 0 Å². The lowest BCUT2D eigenvalue weighted by Crippen LogP contribution is -2.39. The van der Waals surface area contributed by atoms with Crippen LogP contribution in [0.2, 0.25) is 0 Å². The molecule has 20 heavy (non-hydrogen) atoms. The standard InChI is InChI=1S/C14H28N4O.HI/c1-3-15-14(17-12-4-5-12)16-8-9-18(10-11-19-2)13-6-7-13;/h12-13H,3-11H2,1-2H3,(H2,15,16,17);1H. The van der Waals surface area contributed by atoms with Gasteiger partial charge < -0.3 is 15.4 Å². The van der Waals surface area contributed by atoms with Crippen molar-refractivity contribution in [2.24, 2.45) is 4.99 Å². The molecule has 0 aromatic rings. The molecule has 0 spiro atoms. The number of hydrogen-bond acceptors (Lipinski definition) is 3. The first-order valence-corrected chi connectivity index (χ1v) is 7.61. The maximum Gasteiger partial charge on any atom is 0.191 e. The number of rotatable bonds is 9.